The molecule has 6 nitrogen and oxygen atoms in total. The van der Waals surface area contributed by atoms with E-state index < -0.39 is 17.4 Å². The van der Waals surface area contributed by atoms with Crippen molar-refractivity contribution in [3.63, 3.8) is 0 Å². The molecule has 0 aliphatic carbocycles. The molecule has 1 heterocycles. The van der Waals surface area contributed by atoms with Crippen molar-refractivity contribution in [2.45, 2.75) is 58.5 Å². The quantitative estimate of drug-likeness (QED) is 0.775. The van der Waals surface area contributed by atoms with Gasteiger partial charge in [0.05, 0.1) is 5.69 Å². The zero-order chi connectivity index (χ0) is 16.4. The maximum absolute atomic E-state index is 12.0. The third kappa shape index (κ3) is 4.70. The molecular weight excluding hydrogens is 290 g/mol. The average molecular weight is 313 g/mol. The largest absolute Gasteiger partial charge is 0.481 e. The number of aromatic nitrogens is 1. The van der Waals surface area contributed by atoms with Crippen LogP contribution in [0.5, 0.6) is 0 Å². The van der Waals surface area contributed by atoms with Crippen molar-refractivity contribution < 1.29 is 14.7 Å². The summed E-state index contributed by atoms with van der Waals surface area (Å²) in [5, 5.41) is 17.3. The molecule has 1 unspecified atom stereocenters. The van der Waals surface area contributed by atoms with Gasteiger partial charge in [0.1, 0.15) is 11.5 Å². The third-order valence-corrected chi connectivity index (χ3v) is 3.68. The number of rotatable bonds is 5. The first-order valence-electron chi connectivity index (χ1n) is 6.71. The van der Waals surface area contributed by atoms with Crippen LogP contribution in [0.1, 0.15) is 47.2 Å². The number of carboxylic acids is 1. The van der Waals surface area contributed by atoms with Crippen LogP contribution < -0.4 is 10.6 Å². The van der Waals surface area contributed by atoms with Crippen LogP contribution in [0.3, 0.4) is 0 Å². The number of carbonyl (C=O) groups excluding carboxylic acids is 1. The van der Waals surface area contributed by atoms with E-state index in [0.29, 0.717) is 10.8 Å². The van der Waals surface area contributed by atoms with Crippen LogP contribution >= 0.6 is 11.3 Å². The summed E-state index contributed by atoms with van der Waals surface area (Å²) >= 11 is 1.29. The van der Waals surface area contributed by atoms with Crippen molar-refractivity contribution >= 4 is 28.3 Å². The maximum Gasteiger partial charge on any atom is 0.315 e. The number of carbonyl (C=O) groups is 2. The Balaban J connectivity index is 2.75. The van der Waals surface area contributed by atoms with Crippen LogP contribution in [-0.2, 0) is 15.0 Å². The van der Waals surface area contributed by atoms with Gasteiger partial charge in [-0.2, -0.15) is 0 Å². The number of hydrogen-bond donors (Lipinski definition) is 3. The first-order valence-corrected chi connectivity index (χ1v) is 7.59. The van der Waals surface area contributed by atoms with Crippen LogP contribution in [0.15, 0.2) is 5.38 Å². The molecule has 0 aliphatic heterocycles. The summed E-state index contributed by atoms with van der Waals surface area (Å²) in [6.45, 7) is 10.7. The maximum atomic E-state index is 12.0. The van der Waals surface area contributed by atoms with E-state index in [1.807, 2.05) is 20.8 Å². The molecular formula is C14H23N3O3S. The number of hydrogen-bond acceptors (Lipinski definition) is 5. The molecule has 1 rings (SSSR count). The summed E-state index contributed by atoms with van der Waals surface area (Å²) in [7, 11) is 0. The number of nitrogens with one attached hydrogen (secondary N) is 2. The zero-order valence-corrected chi connectivity index (χ0v) is 14.1. The van der Waals surface area contributed by atoms with Crippen molar-refractivity contribution in [3.8, 4) is 0 Å². The highest BCUT2D eigenvalue weighted by Crippen LogP contribution is 2.27. The van der Waals surface area contributed by atoms with Gasteiger partial charge in [0, 0.05) is 10.9 Å². The van der Waals surface area contributed by atoms with Crippen molar-refractivity contribution in [1.82, 2.24) is 10.3 Å². The predicted octanol–water partition coefficient (Wildman–Crippen LogP) is 2.22. The van der Waals surface area contributed by atoms with Crippen molar-refractivity contribution in [3.05, 3.63) is 11.1 Å². The van der Waals surface area contributed by atoms with E-state index >= 15 is 0 Å². The van der Waals surface area contributed by atoms with Crippen LogP contribution in [-0.4, -0.2) is 33.5 Å². The van der Waals surface area contributed by atoms with E-state index in [9.17, 15) is 14.7 Å². The van der Waals surface area contributed by atoms with E-state index in [1.165, 1.54) is 11.3 Å². The number of amides is 1. The second kappa shape index (κ2) is 6.01. The Morgan fingerprint density at radius 3 is 2.33 bits per heavy atom. The van der Waals surface area contributed by atoms with E-state index in [2.05, 4.69) is 15.6 Å². The van der Waals surface area contributed by atoms with Gasteiger partial charge in [-0.25, -0.2) is 4.98 Å². The molecule has 0 saturated carbocycles. The lowest BCUT2D eigenvalue weighted by Gasteiger charge is -2.23. The lowest BCUT2D eigenvalue weighted by Crippen LogP contribution is -2.47. The summed E-state index contributed by atoms with van der Waals surface area (Å²) in [5.41, 5.74) is -0.870. The molecule has 7 heteroatoms. The number of aliphatic carboxylic acids is 1. The SMILES string of the molecule is CC(Nc1nc(C(C)(C)C(=O)O)cs1)C(=O)NC(C)(C)C. The fourth-order valence-electron chi connectivity index (χ4n) is 1.47. The summed E-state index contributed by atoms with van der Waals surface area (Å²) in [6.07, 6.45) is 0. The average Bonchev–Trinajstić information content (AvgIpc) is 2.75. The normalized spacial score (nSPS) is 13.6. The molecule has 1 atom stereocenters. The zero-order valence-electron chi connectivity index (χ0n) is 13.3. The highest BCUT2D eigenvalue weighted by Gasteiger charge is 2.32. The van der Waals surface area contributed by atoms with Crippen molar-refractivity contribution in [2.24, 2.45) is 0 Å². The van der Waals surface area contributed by atoms with Crippen LogP contribution in [0.4, 0.5) is 5.13 Å². The van der Waals surface area contributed by atoms with Gasteiger partial charge in [-0.05, 0) is 41.5 Å². The molecule has 118 valence electrons. The van der Waals surface area contributed by atoms with E-state index in [-0.39, 0.29) is 11.4 Å². The van der Waals surface area contributed by atoms with Gasteiger partial charge in [-0.3, -0.25) is 9.59 Å². The highest BCUT2D eigenvalue weighted by atomic mass is 32.1. The number of carboxylic acid groups (broad SMARTS) is 1. The molecule has 3 N–H and O–H groups in total. The Morgan fingerprint density at radius 1 is 1.29 bits per heavy atom. The minimum absolute atomic E-state index is 0.128. The smallest absolute Gasteiger partial charge is 0.315 e. The second-order valence-corrected chi connectivity index (χ2v) is 7.43. The molecule has 1 amide bonds. The van der Waals surface area contributed by atoms with Crippen LogP contribution in [0.25, 0.3) is 0 Å². The van der Waals surface area contributed by atoms with Crippen molar-refractivity contribution in [1.29, 1.82) is 0 Å². The van der Waals surface area contributed by atoms with E-state index in [0.717, 1.165) is 0 Å². The molecule has 0 aromatic carbocycles. The first-order chi connectivity index (χ1) is 9.43. The molecule has 0 fully saturated rings. The lowest BCUT2D eigenvalue weighted by molar-refractivity contribution is -0.142. The summed E-state index contributed by atoms with van der Waals surface area (Å²) in [4.78, 5) is 27.5. The standard InChI is InChI=1S/C14H23N3O3S/c1-8(10(18)17-13(2,3)4)15-12-16-9(7-21-12)14(5,6)11(19)20/h7-8H,1-6H3,(H,15,16)(H,17,18)(H,19,20). The summed E-state index contributed by atoms with van der Waals surface area (Å²) < 4.78 is 0. The minimum Gasteiger partial charge on any atom is -0.481 e. The Labute approximate surface area is 129 Å². The Hall–Kier alpha value is -1.63. The fraction of sp³-hybridized carbons (Fsp3) is 0.643. The van der Waals surface area contributed by atoms with Crippen molar-refractivity contribution in [2.75, 3.05) is 5.32 Å². The van der Waals surface area contributed by atoms with Crippen LogP contribution in [0, 0.1) is 0 Å². The molecule has 0 aliphatic rings. The molecule has 0 radical (unpaired) electrons. The first kappa shape index (κ1) is 17.4. The lowest BCUT2D eigenvalue weighted by atomic mass is 9.90. The molecule has 0 bridgehead atoms. The van der Waals surface area contributed by atoms with Gasteiger partial charge in [0.15, 0.2) is 5.13 Å². The highest BCUT2D eigenvalue weighted by molar-refractivity contribution is 7.13. The Bertz CT molecular complexity index is 532. The van der Waals surface area contributed by atoms with Gasteiger partial charge in [-0.1, -0.05) is 0 Å². The topological polar surface area (TPSA) is 91.3 Å². The molecule has 0 saturated heterocycles. The van der Waals surface area contributed by atoms with Crippen LogP contribution in [0.2, 0.25) is 0 Å². The van der Waals surface area contributed by atoms with E-state index in [1.54, 1.807) is 26.2 Å². The van der Waals surface area contributed by atoms with Gasteiger partial charge in [-0.15, -0.1) is 11.3 Å². The number of thiazole rings is 1. The molecule has 1 aromatic heterocycles. The second-order valence-electron chi connectivity index (χ2n) is 6.57. The monoisotopic (exact) mass is 313 g/mol. The Morgan fingerprint density at radius 2 is 1.86 bits per heavy atom. The van der Waals surface area contributed by atoms with Gasteiger partial charge < -0.3 is 15.7 Å². The molecule has 0 spiro atoms. The molecule has 21 heavy (non-hydrogen) atoms. The predicted molar refractivity (Wildman–Crippen MR) is 83.8 cm³/mol. The van der Waals surface area contributed by atoms with E-state index in [4.69, 9.17) is 0 Å². The van der Waals surface area contributed by atoms with Gasteiger partial charge in [0.2, 0.25) is 5.91 Å². The van der Waals surface area contributed by atoms with Gasteiger partial charge >= 0.3 is 5.97 Å². The summed E-state index contributed by atoms with van der Waals surface area (Å²) in [5.74, 6) is -1.06. The third-order valence-electron chi connectivity index (χ3n) is 2.91. The fourth-order valence-corrected chi connectivity index (χ4v) is 2.43. The number of anilines is 1. The summed E-state index contributed by atoms with van der Waals surface area (Å²) in [6, 6.07) is -0.448. The number of nitrogens with zero attached hydrogens (tertiary/aromatic N) is 1. The molecule has 1 aromatic rings. The minimum atomic E-state index is -1.05. The van der Waals surface area contributed by atoms with Gasteiger partial charge in [0.25, 0.3) is 0 Å². The Kier molecular flexibility index (Phi) is 4.99.